The summed E-state index contributed by atoms with van der Waals surface area (Å²) in [5.74, 6) is -3.04. The molecule has 4 N–H and O–H groups in total. The molecule has 0 aromatic carbocycles. The molecule has 0 aromatic heterocycles. The number of nitrogens with one attached hydrogen (secondary N) is 2. The first-order valence-corrected chi connectivity index (χ1v) is 12.6. The molecular formula is C25H39N3O7. The summed E-state index contributed by atoms with van der Waals surface area (Å²) in [5.41, 5.74) is -2.15. The standard InChI is InChI=1S/C25H39N3O7/c1-5-16-18(29)14-28-19(16)20(30)27-25(22(32)33)13-15(25)11-9-7-6-8-10-12-17(21(28)31)26-23(34)35-24(2,3)4/h9,11,15-19,29H,5-8,10,12-14H2,1-4H3,(H,26,34)(H,27,30)(H,32,33)/t15-,16?,17+,18-,19+,25-/m1/s1. The van der Waals surface area contributed by atoms with Crippen molar-refractivity contribution in [2.45, 2.75) is 102 Å². The molecule has 1 saturated heterocycles. The largest absolute Gasteiger partial charge is 0.479 e. The van der Waals surface area contributed by atoms with Crippen LogP contribution in [0, 0.1) is 11.8 Å². The van der Waals surface area contributed by atoms with Crippen molar-refractivity contribution in [3.8, 4) is 0 Å². The summed E-state index contributed by atoms with van der Waals surface area (Å²) in [7, 11) is 0. The zero-order valence-corrected chi connectivity index (χ0v) is 21.1. The fourth-order valence-electron chi connectivity index (χ4n) is 5.16. The fourth-order valence-corrected chi connectivity index (χ4v) is 5.16. The first kappa shape index (κ1) is 27.0. The quantitative estimate of drug-likeness (QED) is 0.440. The van der Waals surface area contributed by atoms with E-state index in [4.69, 9.17) is 4.74 Å². The molecule has 1 unspecified atom stereocenters. The Morgan fingerprint density at radius 3 is 2.60 bits per heavy atom. The molecule has 3 rings (SSSR count). The van der Waals surface area contributed by atoms with Crippen LogP contribution in [0.15, 0.2) is 12.2 Å². The maximum Gasteiger partial charge on any atom is 0.408 e. The lowest BCUT2D eigenvalue weighted by atomic mass is 9.94. The molecule has 2 fully saturated rings. The molecule has 1 saturated carbocycles. The number of aliphatic hydroxyl groups is 1. The van der Waals surface area contributed by atoms with Crippen LogP contribution < -0.4 is 10.6 Å². The van der Waals surface area contributed by atoms with Gasteiger partial charge in [0.15, 0.2) is 0 Å². The van der Waals surface area contributed by atoms with E-state index in [1.165, 1.54) is 4.90 Å². The minimum atomic E-state index is -1.40. The van der Waals surface area contributed by atoms with Gasteiger partial charge in [0.05, 0.1) is 6.10 Å². The maximum absolute atomic E-state index is 13.7. The van der Waals surface area contributed by atoms with Gasteiger partial charge < -0.3 is 30.5 Å². The van der Waals surface area contributed by atoms with Crippen molar-refractivity contribution in [1.82, 2.24) is 15.5 Å². The van der Waals surface area contributed by atoms with E-state index >= 15 is 0 Å². The van der Waals surface area contributed by atoms with E-state index in [0.29, 0.717) is 19.3 Å². The molecule has 10 nitrogen and oxygen atoms in total. The number of hydrogen-bond acceptors (Lipinski definition) is 6. The average Bonchev–Trinajstić information content (AvgIpc) is 3.34. The number of allylic oxidation sites excluding steroid dienone is 1. The first-order chi connectivity index (χ1) is 16.4. The average molecular weight is 494 g/mol. The Balaban J connectivity index is 1.91. The zero-order chi connectivity index (χ0) is 26.0. The van der Waals surface area contributed by atoms with E-state index in [-0.39, 0.29) is 18.9 Å². The predicted octanol–water partition coefficient (Wildman–Crippen LogP) is 1.96. The number of hydrogen-bond donors (Lipinski definition) is 4. The SMILES string of the molecule is CCC1[C@H](O)CN2C(=O)[C@@H](NC(=O)OC(C)(C)C)CCCCCC=C[C@@H]3C[C@@]3(C(=O)O)NC(=O)[C@H]12. The summed E-state index contributed by atoms with van der Waals surface area (Å²) >= 11 is 0. The monoisotopic (exact) mass is 493 g/mol. The Labute approximate surface area is 206 Å². The fraction of sp³-hybridized carbons (Fsp3) is 0.760. The van der Waals surface area contributed by atoms with Crippen molar-refractivity contribution in [3.63, 3.8) is 0 Å². The number of nitrogens with zero attached hydrogens (tertiary/aromatic N) is 1. The summed E-state index contributed by atoms with van der Waals surface area (Å²) in [6, 6.07) is -1.96. The van der Waals surface area contributed by atoms with Crippen LogP contribution in [0.3, 0.4) is 0 Å². The summed E-state index contributed by atoms with van der Waals surface area (Å²) < 4.78 is 5.35. The van der Waals surface area contributed by atoms with E-state index < -0.39 is 59.1 Å². The van der Waals surface area contributed by atoms with E-state index in [0.717, 1.165) is 19.3 Å². The van der Waals surface area contributed by atoms with Crippen molar-refractivity contribution in [2.75, 3.05) is 6.54 Å². The van der Waals surface area contributed by atoms with Gasteiger partial charge in [-0.1, -0.05) is 31.9 Å². The number of amides is 3. The molecule has 196 valence electrons. The molecule has 6 atom stereocenters. The van der Waals surface area contributed by atoms with Gasteiger partial charge in [-0.05, 0) is 52.9 Å². The molecule has 2 aliphatic heterocycles. The number of rotatable bonds is 3. The topological polar surface area (TPSA) is 145 Å². The molecule has 3 amide bonds. The highest BCUT2D eigenvalue weighted by Gasteiger charge is 2.62. The number of aliphatic carboxylic acids is 1. The molecule has 3 aliphatic rings. The van der Waals surface area contributed by atoms with Gasteiger partial charge >= 0.3 is 12.1 Å². The molecule has 10 heteroatoms. The summed E-state index contributed by atoms with van der Waals surface area (Å²) in [4.78, 5) is 53.0. The second kappa shape index (κ2) is 10.6. The summed E-state index contributed by atoms with van der Waals surface area (Å²) in [6.45, 7) is 6.93. The van der Waals surface area contributed by atoms with Crippen molar-refractivity contribution in [1.29, 1.82) is 0 Å². The van der Waals surface area contributed by atoms with Crippen LogP contribution in [-0.4, -0.2) is 74.9 Å². The number of aliphatic hydroxyl groups excluding tert-OH is 1. The lowest BCUT2D eigenvalue weighted by molar-refractivity contribution is -0.146. The number of carbonyl (C=O) groups excluding carboxylic acids is 3. The predicted molar refractivity (Wildman–Crippen MR) is 127 cm³/mol. The van der Waals surface area contributed by atoms with Crippen LogP contribution in [-0.2, 0) is 19.1 Å². The van der Waals surface area contributed by atoms with Gasteiger partial charge in [0, 0.05) is 18.4 Å². The number of carboxylic acid groups (broad SMARTS) is 1. The minimum absolute atomic E-state index is 0.0642. The van der Waals surface area contributed by atoms with Gasteiger partial charge in [0.1, 0.15) is 23.2 Å². The van der Waals surface area contributed by atoms with Gasteiger partial charge in [-0.3, -0.25) is 9.59 Å². The number of carboxylic acids is 1. The van der Waals surface area contributed by atoms with E-state index in [1.807, 2.05) is 19.1 Å². The lowest BCUT2D eigenvalue weighted by Crippen LogP contribution is -2.57. The van der Waals surface area contributed by atoms with Crippen LogP contribution in [0.1, 0.15) is 72.6 Å². The second-order valence-corrected chi connectivity index (χ2v) is 10.9. The van der Waals surface area contributed by atoms with Crippen LogP contribution in [0.25, 0.3) is 0 Å². The summed E-state index contributed by atoms with van der Waals surface area (Å²) in [6.07, 6.45) is 6.32. The Morgan fingerprint density at radius 1 is 1.26 bits per heavy atom. The Bertz CT molecular complexity index is 868. The molecule has 0 radical (unpaired) electrons. The van der Waals surface area contributed by atoms with Gasteiger partial charge in [-0.15, -0.1) is 0 Å². The minimum Gasteiger partial charge on any atom is -0.479 e. The van der Waals surface area contributed by atoms with Gasteiger partial charge in [0.25, 0.3) is 0 Å². The normalized spacial score (nSPS) is 34.1. The lowest BCUT2D eigenvalue weighted by Gasteiger charge is -2.31. The Hall–Kier alpha value is -2.62. The molecule has 0 spiro atoms. The molecule has 0 aromatic rings. The highest BCUT2D eigenvalue weighted by atomic mass is 16.6. The molecule has 35 heavy (non-hydrogen) atoms. The smallest absolute Gasteiger partial charge is 0.408 e. The van der Waals surface area contributed by atoms with Crippen LogP contribution >= 0.6 is 0 Å². The molecule has 1 aliphatic carbocycles. The number of alkyl carbamates (subject to hydrolysis) is 1. The van der Waals surface area contributed by atoms with Crippen molar-refractivity contribution in [3.05, 3.63) is 12.2 Å². The maximum atomic E-state index is 13.7. The van der Waals surface area contributed by atoms with E-state index in [2.05, 4.69) is 10.6 Å². The summed E-state index contributed by atoms with van der Waals surface area (Å²) in [5, 5.41) is 25.9. The molecule has 0 bridgehead atoms. The van der Waals surface area contributed by atoms with Crippen LogP contribution in [0.5, 0.6) is 0 Å². The first-order valence-electron chi connectivity index (χ1n) is 12.6. The van der Waals surface area contributed by atoms with Crippen molar-refractivity contribution >= 4 is 23.9 Å². The third kappa shape index (κ3) is 6.15. The van der Waals surface area contributed by atoms with Crippen LogP contribution in [0.2, 0.25) is 0 Å². The van der Waals surface area contributed by atoms with E-state index in [9.17, 15) is 29.4 Å². The van der Waals surface area contributed by atoms with Crippen molar-refractivity contribution < 1.29 is 34.1 Å². The highest BCUT2D eigenvalue weighted by molar-refractivity contribution is 5.96. The Morgan fingerprint density at radius 2 is 1.97 bits per heavy atom. The number of fused-ring (bicyclic) bond motifs is 2. The Kier molecular flexibility index (Phi) is 8.14. The number of ether oxygens (including phenoxy) is 1. The highest BCUT2D eigenvalue weighted by Crippen LogP contribution is 2.45. The zero-order valence-electron chi connectivity index (χ0n) is 21.1. The third-order valence-corrected chi connectivity index (χ3v) is 7.11. The van der Waals surface area contributed by atoms with Crippen molar-refractivity contribution in [2.24, 2.45) is 11.8 Å². The van der Waals surface area contributed by atoms with Gasteiger partial charge in [-0.2, -0.15) is 0 Å². The second-order valence-electron chi connectivity index (χ2n) is 10.9. The van der Waals surface area contributed by atoms with Gasteiger partial charge in [0.2, 0.25) is 11.8 Å². The van der Waals surface area contributed by atoms with Gasteiger partial charge in [-0.25, -0.2) is 9.59 Å². The van der Waals surface area contributed by atoms with Crippen LogP contribution in [0.4, 0.5) is 4.79 Å². The molecular weight excluding hydrogens is 454 g/mol. The number of carbonyl (C=O) groups is 4. The third-order valence-electron chi connectivity index (χ3n) is 7.11. The van der Waals surface area contributed by atoms with E-state index in [1.54, 1.807) is 20.8 Å². The molecule has 2 heterocycles.